The van der Waals surface area contributed by atoms with Crippen LogP contribution in [-0.4, -0.2) is 34.1 Å². The van der Waals surface area contributed by atoms with E-state index in [9.17, 15) is 0 Å². The summed E-state index contributed by atoms with van der Waals surface area (Å²) in [7, 11) is 0. The van der Waals surface area contributed by atoms with E-state index in [1.807, 2.05) is 12.1 Å². The van der Waals surface area contributed by atoms with Crippen LogP contribution >= 0.6 is 0 Å². The van der Waals surface area contributed by atoms with Crippen molar-refractivity contribution in [2.75, 3.05) is 18.8 Å². The first-order chi connectivity index (χ1) is 9.81. The molecular formula is C14H15N5O. The summed E-state index contributed by atoms with van der Waals surface area (Å²) in [6, 6.07) is 3.76. The van der Waals surface area contributed by atoms with E-state index in [1.54, 1.807) is 12.4 Å². The summed E-state index contributed by atoms with van der Waals surface area (Å²) >= 11 is 0. The Morgan fingerprint density at radius 2 is 2.30 bits per heavy atom. The van der Waals surface area contributed by atoms with Crippen molar-refractivity contribution in [3.8, 4) is 5.75 Å². The Morgan fingerprint density at radius 3 is 3.15 bits per heavy atom. The first-order valence-corrected chi connectivity index (χ1v) is 6.70. The minimum absolute atomic E-state index is 0.213. The molecule has 1 aliphatic rings. The molecule has 1 saturated heterocycles. The first kappa shape index (κ1) is 11.5. The topological polar surface area (TPSA) is 88.9 Å². The summed E-state index contributed by atoms with van der Waals surface area (Å²) in [5.41, 5.74) is 7.51. The van der Waals surface area contributed by atoms with Crippen LogP contribution in [0, 0.1) is 0 Å². The SMILES string of the molecule is Nc1cc2c(cn1)[nH]c1nccc(O[C@H]3CCNC3)c12. The standard InChI is InChI=1S/C14H15N5O/c15-12-5-9-10(7-18-12)19-14-13(9)11(2-4-17-14)20-8-1-3-16-6-8/h2,4-5,7-8,16H,1,3,6H2,(H2,15,18)(H,17,19)/t8-/m0/s1. The molecule has 4 rings (SSSR count). The molecule has 0 aliphatic carbocycles. The average Bonchev–Trinajstić information content (AvgIpc) is 3.06. The molecule has 4 heterocycles. The number of nitrogens with one attached hydrogen (secondary N) is 2. The first-order valence-electron chi connectivity index (χ1n) is 6.70. The van der Waals surface area contributed by atoms with Gasteiger partial charge in [0.2, 0.25) is 0 Å². The molecule has 20 heavy (non-hydrogen) atoms. The van der Waals surface area contributed by atoms with E-state index in [2.05, 4.69) is 20.3 Å². The molecule has 3 aromatic rings. The van der Waals surface area contributed by atoms with Crippen molar-refractivity contribution in [1.82, 2.24) is 20.3 Å². The fourth-order valence-corrected chi connectivity index (χ4v) is 2.71. The van der Waals surface area contributed by atoms with Crippen LogP contribution in [0.3, 0.4) is 0 Å². The maximum absolute atomic E-state index is 6.11. The van der Waals surface area contributed by atoms with E-state index < -0.39 is 0 Å². The van der Waals surface area contributed by atoms with Crippen LogP contribution in [0.15, 0.2) is 24.5 Å². The molecule has 4 N–H and O–H groups in total. The molecule has 0 bridgehead atoms. The van der Waals surface area contributed by atoms with Gasteiger partial charge in [0.15, 0.2) is 0 Å². The predicted molar refractivity (Wildman–Crippen MR) is 77.7 cm³/mol. The van der Waals surface area contributed by atoms with Crippen molar-refractivity contribution < 1.29 is 4.74 Å². The predicted octanol–water partition coefficient (Wildman–Crippen LogP) is 1.43. The number of anilines is 1. The van der Waals surface area contributed by atoms with E-state index in [0.717, 1.165) is 47.2 Å². The van der Waals surface area contributed by atoms with Crippen molar-refractivity contribution in [2.45, 2.75) is 12.5 Å². The molecular weight excluding hydrogens is 254 g/mol. The highest BCUT2D eigenvalue weighted by Gasteiger charge is 2.19. The zero-order valence-corrected chi connectivity index (χ0v) is 10.9. The Hall–Kier alpha value is -2.34. The highest BCUT2D eigenvalue weighted by atomic mass is 16.5. The van der Waals surface area contributed by atoms with Crippen LogP contribution in [0.25, 0.3) is 21.9 Å². The summed E-state index contributed by atoms with van der Waals surface area (Å²) < 4.78 is 6.11. The highest BCUT2D eigenvalue weighted by Crippen LogP contribution is 2.33. The van der Waals surface area contributed by atoms with Crippen LogP contribution in [-0.2, 0) is 0 Å². The molecule has 1 fully saturated rings. The molecule has 0 spiro atoms. The second-order valence-corrected chi connectivity index (χ2v) is 5.05. The van der Waals surface area contributed by atoms with Gasteiger partial charge in [0.25, 0.3) is 0 Å². The normalized spacial score (nSPS) is 18.9. The number of aromatic nitrogens is 3. The van der Waals surface area contributed by atoms with Crippen LogP contribution in [0.4, 0.5) is 5.82 Å². The van der Waals surface area contributed by atoms with Crippen LogP contribution in [0.1, 0.15) is 6.42 Å². The number of nitrogens with two attached hydrogens (primary N) is 1. The molecule has 1 atom stereocenters. The maximum atomic E-state index is 6.11. The number of ether oxygens (including phenoxy) is 1. The average molecular weight is 269 g/mol. The third-order valence-electron chi connectivity index (χ3n) is 3.67. The van der Waals surface area contributed by atoms with Gasteiger partial charge >= 0.3 is 0 Å². The third-order valence-corrected chi connectivity index (χ3v) is 3.67. The monoisotopic (exact) mass is 269 g/mol. The molecule has 0 amide bonds. The second kappa shape index (κ2) is 4.35. The van der Waals surface area contributed by atoms with Crippen LogP contribution < -0.4 is 15.8 Å². The van der Waals surface area contributed by atoms with Crippen molar-refractivity contribution in [3.05, 3.63) is 24.5 Å². The zero-order valence-electron chi connectivity index (χ0n) is 10.9. The Labute approximate surface area is 115 Å². The smallest absolute Gasteiger partial charge is 0.142 e. The van der Waals surface area contributed by atoms with Gasteiger partial charge in [-0.25, -0.2) is 9.97 Å². The van der Waals surface area contributed by atoms with Gasteiger partial charge in [-0.15, -0.1) is 0 Å². The number of aromatic amines is 1. The number of hydrogen-bond donors (Lipinski definition) is 3. The molecule has 1 aliphatic heterocycles. The van der Waals surface area contributed by atoms with Gasteiger partial charge in [-0.05, 0) is 25.1 Å². The quantitative estimate of drug-likeness (QED) is 0.655. The van der Waals surface area contributed by atoms with Crippen LogP contribution in [0.5, 0.6) is 5.75 Å². The lowest BCUT2D eigenvalue weighted by Crippen LogP contribution is -2.19. The Bertz CT molecular complexity index is 776. The third kappa shape index (κ3) is 1.77. The summed E-state index contributed by atoms with van der Waals surface area (Å²) in [5, 5.41) is 5.28. The minimum atomic E-state index is 0.213. The minimum Gasteiger partial charge on any atom is -0.488 e. The lowest BCUT2D eigenvalue weighted by atomic mass is 10.2. The number of pyridine rings is 2. The van der Waals surface area contributed by atoms with Crippen LogP contribution in [0.2, 0.25) is 0 Å². The molecule has 0 aromatic carbocycles. The van der Waals surface area contributed by atoms with Gasteiger partial charge in [-0.3, -0.25) is 0 Å². The van der Waals surface area contributed by atoms with E-state index in [4.69, 9.17) is 10.5 Å². The second-order valence-electron chi connectivity index (χ2n) is 5.05. The number of nitrogen functional groups attached to an aromatic ring is 1. The van der Waals surface area contributed by atoms with E-state index >= 15 is 0 Å². The van der Waals surface area contributed by atoms with Crippen molar-refractivity contribution >= 4 is 27.8 Å². The van der Waals surface area contributed by atoms with Gasteiger partial charge in [0, 0.05) is 18.1 Å². The Kier molecular flexibility index (Phi) is 2.50. The maximum Gasteiger partial charge on any atom is 0.142 e. The largest absolute Gasteiger partial charge is 0.488 e. The lowest BCUT2D eigenvalue weighted by Gasteiger charge is -2.13. The molecule has 0 unspecified atom stereocenters. The van der Waals surface area contributed by atoms with Gasteiger partial charge in [-0.2, -0.15) is 0 Å². The Morgan fingerprint density at radius 1 is 1.35 bits per heavy atom. The summed E-state index contributed by atoms with van der Waals surface area (Å²) in [5.74, 6) is 1.34. The van der Waals surface area contributed by atoms with Crippen molar-refractivity contribution in [3.63, 3.8) is 0 Å². The van der Waals surface area contributed by atoms with Crippen molar-refractivity contribution in [1.29, 1.82) is 0 Å². The van der Waals surface area contributed by atoms with Gasteiger partial charge in [0.1, 0.15) is 23.3 Å². The Balaban J connectivity index is 1.90. The van der Waals surface area contributed by atoms with Gasteiger partial charge in [0.05, 0.1) is 17.1 Å². The van der Waals surface area contributed by atoms with E-state index in [-0.39, 0.29) is 6.10 Å². The number of H-pyrrole nitrogens is 1. The fourth-order valence-electron chi connectivity index (χ4n) is 2.71. The van der Waals surface area contributed by atoms with Gasteiger partial charge in [-0.1, -0.05) is 0 Å². The van der Waals surface area contributed by atoms with Crippen molar-refractivity contribution in [2.24, 2.45) is 0 Å². The highest BCUT2D eigenvalue weighted by molar-refractivity contribution is 6.09. The fraction of sp³-hybridized carbons (Fsp3) is 0.286. The number of rotatable bonds is 2. The van der Waals surface area contributed by atoms with E-state index in [1.165, 1.54) is 0 Å². The summed E-state index contributed by atoms with van der Waals surface area (Å²) in [4.78, 5) is 11.7. The molecule has 0 radical (unpaired) electrons. The molecule has 102 valence electrons. The molecule has 6 nitrogen and oxygen atoms in total. The number of nitrogens with zero attached hydrogens (tertiary/aromatic N) is 2. The number of fused-ring (bicyclic) bond motifs is 3. The van der Waals surface area contributed by atoms with Gasteiger partial charge < -0.3 is 20.8 Å². The zero-order chi connectivity index (χ0) is 13.5. The molecule has 6 heteroatoms. The molecule has 0 saturated carbocycles. The molecule has 3 aromatic heterocycles. The summed E-state index contributed by atoms with van der Waals surface area (Å²) in [6.45, 7) is 1.89. The van der Waals surface area contributed by atoms with E-state index in [0.29, 0.717) is 5.82 Å². The lowest BCUT2D eigenvalue weighted by molar-refractivity contribution is 0.226. The summed E-state index contributed by atoms with van der Waals surface area (Å²) in [6.07, 6.45) is 4.72. The number of hydrogen-bond acceptors (Lipinski definition) is 5.